The zero-order valence-corrected chi connectivity index (χ0v) is 23.4. The van der Waals surface area contributed by atoms with E-state index >= 15 is 0 Å². The zero-order chi connectivity index (χ0) is 24.3. The molecule has 0 aromatic carbocycles. The first-order chi connectivity index (χ1) is 16.0. The van der Waals surface area contributed by atoms with Crippen molar-refractivity contribution in [3.8, 4) is 0 Å². The second-order valence-electron chi connectivity index (χ2n) is 9.45. The predicted octanol–water partition coefficient (Wildman–Crippen LogP) is 6.56. The molecule has 0 radical (unpaired) electrons. The fourth-order valence-corrected chi connectivity index (χ4v) is 5.26. The Morgan fingerprint density at radius 3 is 2.42 bits per heavy atom. The fourth-order valence-electron chi connectivity index (χ4n) is 4.29. The van der Waals surface area contributed by atoms with Gasteiger partial charge in [-0.15, -0.1) is 0 Å². The summed E-state index contributed by atoms with van der Waals surface area (Å²) in [7, 11) is 0. The molecule has 0 aromatic rings. The molecule has 6 heteroatoms. The van der Waals surface area contributed by atoms with Crippen LogP contribution in [0, 0.1) is 23.7 Å². The van der Waals surface area contributed by atoms with Crippen molar-refractivity contribution in [1.29, 1.82) is 0 Å². The van der Waals surface area contributed by atoms with E-state index in [0.717, 1.165) is 43.1 Å². The van der Waals surface area contributed by atoms with E-state index in [9.17, 15) is 9.59 Å². The van der Waals surface area contributed by atoms with Crippen LogP contribution in [0.1, 0.15) is 85.0 Å². The molecule has 0 aromatic heterocycles. The lowest BCUT2D eigenvalue weighted by atomic mass is 9.85. The number of rotatable bonds is 20. The van der Waals surface area contributed by atoms with Crippen LogP contribution in [0.5, 0.6) is 0 Å². The van der Waals surface area contributed by atoms with Gasteiger partial charge in [-0.25, -0.2) is 0 Å². The predicted molar refractivity (Wildman–Crippen MR) is 143 cm³/mol. The number of halogens is 1. The molecule has 192 valence electrons. The van der Waals surface area contributed by atoms with Gasteiger partial charge in [0.25, 0.3) is 0 Å². The van der Waals surface area contributed by atoms with Crippen LogP contribution in [0.25, 0.3) is 0 Å². The van der Waals surface area contributed by atoms with Gasteiger partial charge in [0.05, 0.1) is 25.7 Å². The maximum Gasteiger partial charge on any atom is 0.308 e. The molecule has 0 spiro atoms. The highest BCUT2D eigenvalue weighted by Crippen LogP contribution is 2.40. The van der Waals surface area contributed by atoms with E-state index in [4.69, 9.17) is 14.2 Å². The molecule has 3 atom stereocenters. The van der Waals surface area contributed by atoms with Crippen molar-refractivity contribution in [2.45, 2.75) is 85.0 Å². The van der Waals surface area contributed by atoms with Crippen molar-refractivity contribution >= 4 is 34.3 Å². The summed E-state index contributed by atoms with van der Waals surface area (Å²) in [5, 5.41) is 0. The van der Waals surface area contributed by atoms with Gasteiger partial charge >= 0.3 is 5.97 Å². The van der Waals surface area contributed by atoms with Crippen LogP contribution in [0.2, 0.25) is 0 Å². The Balaban J connectivity index is 2.21. The number of carbonyl (C=O) groups excluding carboxylic acids is 2. The van der Waals surface area contributed by atoms with E-state index in [1.54, 1.807) is 0 Å². The van der Waals surface area contributed by atoms with Crippen molar-refractivity contribution in [2.75, 3.05) is 37.5 Å². The van der Waals surface area contributed by atoms with Crippen molar-refractivity contribution in [1.82, 2.24) is 0 Å². The number of hydrogen-bond acceptors (Lipinski definition) is 5. The second-order valence-corrected chi connectivity index (χ2v) is 10.3. The first-order valence-corrected chi connectivity index (χ1v) is 14.6. The molecule has 1 fully saturated rings. The maximum atomic E-state index is 12.6. The molecule has 0 amide bonds. The molecule has 33 heavy (non-hydrogen) atoms. The van der Waals surface area contributed by atoms with E-state index in [1.165, 1.54) is 25.7 Å². The molecule has 0 aliphatic heterocycles. The maximum absolute atomic E-state index is 12.6. The quantitative estimate of drug-likeness (QED) is 0.0538. The summed E-state index contributed by atoms with van der Waals surface area (Å²) in [6.45, 7) is 9.20. The molecular formula is C27H47IO5. The third-order valence-corrected chi connectivity index (χ3v) is 7.48. The van der Waals surface area contributed by atoms with Gasteiger partial charge in [0, 0.05) is 30.0 Å². The van der Waals surface area contributed by atoms with Gasteiger partial charge in [-0.05, 0) is 43.9 Å². The van der Waals surface area contributed by atoms with E-state index in [1.807, 2.05) is 13.8 Å². The van der Waals surface area contributed by atoms with Crippen LogP contribution in [-0.4, -0.2) is 49.2 Å². The topological polar surface area (TPSA) is 61.8 Å². The SMILES string of the molecule is CCCCCCCOCCOCC[C@@H]1C(C/C=C\CCCOC(=O)C(C)C)C(=O)C[C@H]1CI. The number of unbranched alkanes of at least 4 members (excludes halogenated alkanes) is 5. The Bertz CT molecular complexity index is 549. The monoisotopic (exact) mass is 578 g/mol. The largest absolute Gasteiger partial charge is 0.465 e. The smallest absolute Gasteiger partial charge is 0.308 e. The molecule has 0 heterocycles. The van der Waals surface area contributed by atoms with Crippen molar-refractivity contribution < 1.29 is 23.8 Å². The summed E-state index contributed by atoms with van der Waals surface area (Å²) in [4.78, 5) is 24.1. The third-order valence-electron chi connectivity index (χ3n) is 6.34. The Hall–Kier alpha value is -0.470. The molecule has 1 saturated carbocycles. The Morgan fingerprint density at radius 2 is 1.73 bits per heavy atom. The van der Waals surface area contributed by atoms with Crippen molar-refractivity contribution in [3.63, 3.8) is 0 Å². The number of ketones is 1. The number of Topliss-reactive ketones (excluding diaryl/α,β-unsaturated/α-hetero) is 1. The number of hydrogen-bond donors (Lipinski definition) is 0. The minimum absolute atomic E-state index is 0.0754. The number of carbonyl (C=O) groups is 2. The lowest BCUT2D eigenvalue weighted by Crippen LogP contribution is -2.20. The first kappa shape index (κ1) is 30.6. The van der Waals surface area contributed by atoms with E-state index < -0.39 is 0 Å². The van der Waals surface area contributed by atoms with Gasteiger partial charge in [0.1, 0.15) is 5.78 Å². The highest BCUT2D eigenvalue weighted by atomic mass is 127. The molecule has 1 aliphatic carbocycles. The molecule has 1 unspecified atom stereocenters. The first-order valence-electron chi connectivity index (χ1n) is 13.1. The van der Waals surface area contributed by atoms with Crippen LogP contribution in [0.4, 0.5) is 0 Å². The minimum atomic E-state index is -0.139. The third kappa shape index (κ3) is 13.9. The lowest BCUT2D eigenvalue weighted by Gasteiger charge is -2.22. The van der Waals surface area contributed by atoms with Gasteiger partial charge in [0.15, 0.2) is 0 Å². The van der Waals surface area contributed by atoms with Gasteiger partial charge in [0.2, 0.25) is 0 Å². The number of esters is 1. The highest BCUT2D eigenvalue weighted by molar-refractivity contribution is 14.1. The summed E-state index contributed by atoms with van der Waals surface area (Å²) in [6.07, 6.45) is 14.7. The van der Waals surface area contributed by atoms with Gasteiger partial charge in [-0.3, -0.25) is 9.59 Å². The Kier molecular flexibility index (Phi) is 18.3. The molecule has 0 bridgehead atoms. The van der Waals surface area contributed by atoms with Gasteiger partial charge < -0.3 is 14.2 Å². The van der Waals surface area contributed by atoms with E-state index in [-0.39, 0.29) is 17.8 Å². The molecule has 1 aliphatic rings. The number of ether oxygens (including phenoxy) is 3. The average Bonchev–Trinajstić information content (AvgIpc) is 3.10. The van der Waals surface area contributed by atoms with Crippen molar-refractivity contribution in [3.05, 3.63) is 12.2 Å². The average molecular weight is 579 g/mol. The zero-order valence-electron chi connectivity index (χ0n) is 21.2. The fraction of sp³-hybridized carbons (Fsp3) is 0.852. The summed E-state index contributed by atoms with van der Waals surface area (Å²) in [5.74, 6) is 1.18. The van der Waals surface area contributed by atoms with Crippen LogP contribution in [0.15, 0.2) is 12.2 Å². The molecule has 1 rings (SSSR count). The summed E-state index contributed by atoms with van der Waals surface area (Å²) < 4.78 is 17.7. The van der Waals surface area contributed by atoms with E-state index in [0.29, 0.717) is 50.5 Å². The van der Waals surface area contributed by atoms with Gasteiger partial charge in [-0.1, -0.05) is 81.2 Å². The van der Waals surface area contributed by atoms with Crippen LogP contribution < -0.4 is 0 Å². The standard InChI is InChI=1S/C27H47IO5/c1-4-5-6-8-11-15-31-18-19-32-17-14-24-23(21-28)20-26(29)25(24)13-10-7-9-12-16-33-27(30)22(2)3/h7,10,22-25H,4-6,8-9,11-21H2,1-3H3/b10-7-/t23-,24-,25?/m0/s1. The Morgan fingerprint density at radius 1 is 1.00 bits per heavy atom. The van der Waals surface area contributed by atoms with E-state index in [2.05, 4.69) is 41.7 Å². The minimum Gasteiger partial charge on any atom is -0.465 e. The summed E-state index contributed by atoms with van der Waals surface area (Å²) in [6, 6.07) is 0. The summed E-state index contributed by atoms with van der Waals surface area (Å²) >= 11 is 2.42. The molecule has 0 N–H and O–H groups in total. The normalized spacial score (nSPS) is 20.9. The number of alkyl halides is 1. The van der Waals surface area contributed by atoms with Crippen LogP contribution in [-0.2, 0) is 23.8 Å². The van der Waals surface area contributed by atoms with Crippen LogP contribution in [0.3, 0.4) is 0 Å². The van der Waals surface area contributed by atoms with Crippen LogP contribution >= 0.6 is 22.6 Å². The summed E-state index contributed by atoms with van der Waals surface area (Å²) in [5.41, 5.74) is 0. The highest BCUT2D eigenvalue weighted by Gasteiger charge is 2.40. The molecular weight excluding hydrogens is 531 g/mol. The number of allylic oxidation sites excluding steroid dienone is 2. The molecule has 5 nitrogen and oxygen atoms in total. The Labute approximate surface area is 215 Å². The lowest BCUT2D eigenvalue weighted by molar-refractivity contribution is -0.147. The van der Waals surface area contributed by atoms with Crippen molar-refractivity contribution in [2.24, 2.45) is 23.7 Å². The second kappa shape index (κ2) is 19.8. The van der Waals surface area contributed by atoms with Gasteiger partial charge in [-0.2, -0.15) is 0 Å². The molecule has 0 saturated heterocycles.